The molecule has 0 saturated carbocycles. The zero-order chi connectivity index (χ0) is 16.1. The molecular formula is C16H15NO5. The summed E-state index contributed by atoms with van der Waals surface area (Å²) in [5.41, 5.74) is 2.22. The molecule has 2 rings (SSSR count). The molecule has 1 aromatic carbocycles. The van der Waals surface area contributed by atoms with Gasteiger partial charge in [-0.3, -0.25) is 4.79 Å². The summed E-state index contributed by atoms with van der Waals surface area (Å²) in [4.78, 5) is 24.4. The van der Waals surface area contributed by atoms with Gasteiger partial charge in [-0.1, -0.05) is 12.1 Å². The number of aromatic amines is 1. The van der Waals surface area contributed by atoms with Crippen molar-refractivity contribution in [1.29, 1.82) is 0 Å². The number of aliphatic carboxylic acids is 1. The molecule has 0 aliphatic heterocycles. The largest absolute Gasteiger partial charge is 0.507 e. The van der Waals surface area contributed by atoms with E-state index < -0.39 is 11.8 Å². The predicted octanol–water partition coefficient (Wildman–Crippen LogP) is 2.17. The molecule has 6 nitrogen and oxygen atoms in total. The fourth-order valence-corrected chi connectivity index (χ4v) is 1.92. The first-order valence-electron chi connectivity index (χ1n) is 6.48. The van der Waals surface area contributed by atoms with Gasteiger partial charge >= 0.3 is 5.97 Å². The number of carboxylic acid groups (broad SMARTS) is 1. The van der Waals surface area contributed by atoms with E-state index in [2.05, 4.69) is 4.98 Å². The Hall–Kier alpha value is -3.02. The van der Waals surface area contributed by atoms with Gasteiger partial charge in [0.05, 0.1) is 7.11 Å². The molecule has 0 amide bonds. The van der Waals surface area contributed by atoms with Crippen LogP contribution >= 0.6 is 0 Å². The minimum Gasteiger partial charge on any atom is -0.507 e. The average molecular weight is 301 g/mol. The smallest absolute Gasteiger partial charge is 0.376 e. The summed E-state index contributed by atoms with van der Waals surface area (Å²) in [6.07, 6.45) is 2.80. The maximum absolute atomic E-state index is 11.0. The van der Waals surface area contributed by atoms with Crippen LogP contribution in [0.15, 0.2) is 42.6 Å². The number of H-pyrrole nitrogens is 1. The van der Waals surface area contributed by atoms with Crippen molar-refractivity contribution in [2.24, 2.45) is 0 Å². The number of aliphatic hydroxyl groups excluding tert-OH is 1. The number of ether oxygens (including phenoxy) is 1. The third kappa shape index (κ3) is 3.76. The molecule has 0 aliphatic carbocycles. The highest BCUT2D eigenvalue weighted by Gasteiger charge is 2.11. The number of carbonyl (C=O) groups excluding carboxylic acids is 1. The minimum atomic E-state index is -1.61. The molecule has 0 atom stereocenters. The summed E-state index contributed by atoms with van der Waals surface area (Å²) in [7, 11) is 1.60. The van der Waals surface area contributed by atoms with E-state index in [0.717, 1.165) is 17.0 Å². The van der Waals surface area contributed by atoms with Crippen LogP contribution in [0.25, 0.3) is 5.76 Å². The molecule has 22 heavy (non-hydrogen) atoms. The lowest BCUT2D eigenvalue weighted by molar-refractivity contribution is -0.146. The van der Waals surface area contributed by atoms with E-state index in [9.17, 15) is 14.7 Å². The monoisotopic (exact) mass is 301 g/mol. The van der Waals surface area contributed by atoms with Gasteiger partial charge in [-0.15, -0.1) is 0 Å². The van der Waals surface area contributed by atoms with E-state index in [4.69, 9.17) is 9.84 Å². The SMILES string of the molecule is COc1ccc(Cc2cc(C(O)=CC(=O)C(=O)O)c[nH]2)cc1. The summed E-state index contributed by atoms with van der Waals surface area (Å²) in [5.74, 6) is -2.40. The van der Waals surface area contributed by atoms with Gasteiger partial charge in [0.2, 0.25) is 0 Å². The molecule has 6 heteroatoms. The lowest BCUT2D eigenvalue weighted by atomic mass is 10.1. The number of methoxy groups -OCH3 is 1. The zero-order valence-corrected chi connectivity index (χ0v) is 11.9. The van der Waals surface area contributed by atoms with E-state index in [0.29, 0.717) is 18.1 Å². The average Bonchev–Trinajstić information content (AvgIpc) is 2.96. The maximum Gasteiger partial charge on any atom is 0.376 e. The number of rotatable bonds is 6. The topological polar surface area (TPSA) is 99.6 Å². The van der Waals surface area contributed by atoms with Gasteiger partial charge < -0.3 is 19.9 Å². The van der Waals surface area contributed by atoms with Crippen LogP contribution < -0.4 is 4.74 Å². The van der Waals surface area contributed by atoms with Gasteiger partial charge in [0, 0.05) is 30.0 Å². The van der Waals surface area contributed by atoms with Crippen molar-refractivity contribution in [3.05, 3.63) is 59.4 Å². The fraction of sp³-hybridized carbons (Fsp3) is 0.125. The standard InChI is InChI=1S/C16H15NO5/c1-22-13-4-2-10(3-5-13)6-12-7-11(9-17-12)14(18)8-15(19)16(20)21/h2-5,7-9,17-18H,6H2,1H3,(H,20,21). The van der Waals surface area contributed by atoms with Crippen molar-refractivity contribution in [1.82, 2.24) is 4.98 Å². The lowest BCUT2D eigenvalue weighted by Gasteiger charge is -2.02. The van der Waals surface area contributed by atoms with Crippen molar-refractivity contribution in [3.63, 3.8) is 0 Å². The van der Waals surface area contributed by atoms with Crippen LogP contribution in [0, 0.1) is 0 Å². The number of hydrogen-bond donors (Lipinski definition) is 3. The predicted molar refractivity (Wildman–Crippen MR) is 79.8 cm³/mol. The fourth-order valence-electron chi connectivity index (χ4n) is 1.92. The van der Waals surface area contributed by atoms with Gasteiger partial charge in [-0.25, -0.2) is 4.79 Å². The van der Waals surface area contributed by atoms with Crippen molar-refractivity contribution in [3.8, 4) is 5.75 Å². The lowest BCUT2D eigenvalue weighted by Crippen LogP contribution is -2.09. The van der Waals surface area contributed by atoms with Gasteiger partial charge in [-0.05, 0) is 23.8 Å². The van der Waals surface area contributed by atoms with Crippen LogP contribution in [-0.2, 0) is 16.0 Å². The molecular weight excluding hydrogens is 286 g/mol. The van der Waals surface area contributed by atoms with Crippen LogP contribution in [0.1, 0.15) is 16.8 Å². The van der Waals surface area contributed by atoms with Gasteiger partial charge in [-0.2, -0.15) is 0 Å². The third-order valence-corrected chi connectivity index (χ3v) is 3.07. The summed E-state index contributed by atoms with van der Waals surface area (Å²) in [6.45, 7) is 0. The Morgan fingerprint density at radius 1 is 1.23 bits per heavy atom. The second kappa shape index (κ2) is 6.62. The second-order valence-corrected chi connectivity index (χ2v) is 4.64. The highest BCUT2D eigenvalue weighted by atomic mass is 16.5. The Morgan fingerprint density at radius 3 is 2.50 bits per heavy atom. The molecule has 2 aromatic rings. The third-order valence-electron chi connectivity index (χ3n) is 3.07. The van der Waals surface area contributed by atoms with Crippen LogP contribution in [0.5, 0.6) is 5.75 Å². The van der Waals surface area contributed by atoms with Crippen LogP contribution in [0.4, 0.5) is 0 Å². The van der Waals surface area contributed by atoms with E-state index in [1.165, 1.54) is 6.20 Å². The number of aromatic nitrogens is 1. The number of aliphatic hydroxyl groups is 1. The van der Waals surface area contributed by atoms with E-state index in [-0.39, 0.29) is 5.76 Å². The van der Waals surface area contributed by atoms with Crippen molar-refractivity contribution in [2.75, 3.05) is 7.11 Å². The second-order valence-electron chi connectivity index (χ2n) is 4.64. The number of hydrogen-bond acceptors (Lipinski definition) is 4. The molecule has 0 saturated heterocycles. The summed E-state index contributed by atoms with van der Waals surface area (Å²) >= 11 is 0. The molecule has 0 unspecified atom stereocenters. The Bertz CT molecular complexity index is 712. The molecule has 0 radical (unpaired) electrons. The van der Waals surface area contributed by atoms with E-state index >= 15 is 0 Å². The Labute approximate surface area is 126 Å². The van der Waals surface area contributed by atoms with Crippen LogP contribution in [0.2, 0.25) is 0 Å². The molecule has 0 aliphatic rings. The molecule has 0 spiro atoms. The Balaban J connectivity index is 2.10. The van der Waals surface area contributed by atoms with Gasteiger partial charge in [0.15, 0.2) is 0 Å². The first-order chi connectivity index (χ1) is 10.5. The molecule has 0 bridgehead atoms. The van der Waals surface area contributed by atoms with Crippen LogP contribution in [0.3, 0.4) is 0 Å². The van der Waals surface area contributed by atoms with Gasteiger partial charge in [0.1, 0.15) is 11.5 Å². The highest BCUT2D eigenvalue weighted by Crippen LogP contribution is 2.17. The summed E-state index contributed by atoms with van der Waals surface area (Å²) in [5, 5.41) is 18.2. The number of benzene rings is 1. The normalized spacial score (nSPS) is 11.2. The van der Waals surface area contributed by atoms with Crippen molar-refractivity contribution < 1.29 is 24.5 Å². The molecule has 3 N–H and O–H groups in total. The summed E-state index contributed by atoms with van der Waals surface area (Å²) in [6, 6.07) is 9.20. The van der Waals surface area contributed by atoms with Crippen molar-refractivity contribution in [2.45, 2.75) is 6.42 Å². The van der Waals surface area contributed by atoms with Gasteiger partial charge in [0.25, 0.3) is 5.78 Å². The Morgan fingerprint density at radius 2 is 1.91 bits per heavy atom. The quantitative estimate of drug-likeness (QED) is 0.431. The maximum atomic E-state index is 11.0. The highest BCUT2D eigenvalue weighted by molar-refractivity contribution is 6.38. The van der Waals surface area contributed by atoms with E-state index in [1.54, 1.807) is 13.2 Å². The van der Waals surface area contributed by atoms with E-state index in [1.807, 2.05) is 24.3 Å². The number of carboxylic acids is 1. The zero-order valence-electron chi connectivity index (χ0n) is 11.9. The molecule has 0 fully saturated rings. The minimum absolute atomic E-state index is 0.359. The summed E-state index contributed by atoms with van der Waals surface area (Å²) < 4.78 is 5.08. The number of ketones is 1. The molecule has 114 valence electrons. The molecule has 1 heterocycles. The van der Waals surface area contributed by atoms with Crippen LogP contribution in [-0.4, -0.2) is 34.1 Å². The van der Waals surface area contributed by atoms with Crippen molar-refractivity contribution >= 4 is 17.5 Å². The first kappa shape index (κ1) is 15.4. The number of carbonyl (C=O) groups is 2. The first-order valence-corrected chi connectivity index (χ1v) is 6.48. The molecule has 1 aromatic heterocycles. The Kier molecular flexibility index (Phi) is 4.63. The number of nitrogens with one attached hydrogen (secondary N) is 1.